The zero-order chi connectivity index (χ0) is 15.2. The quantitative estimate of drug-likeness (QED) is 0.823. The van der Waals surface area contributed by atoms with Crippen molar-refractivity contribution in [1.82, 2.24) is 4.98 Å². The largest absolute Gasteiger partial charge is 0.493 e. The highest BCUT2D eigenvalue weighted by Crippen LogP contribution is 2.30. The predicted octanol–water partition coefficient (Wildman–Crippen LogP) is 2.75. The van der Waals surface area contributed by atoms with Gasteiger partial charge in [-0.2, -0.15) is 0 Å². The third-order valence-electron chi connectivity index (χ3n) is 2.97. The van der Waals surface area contributed by atoms with Crippen LogP contribution in [0.25, 0.3) is 0 Å². The molecule has 5 nitrogen and oxygen atoms in total. The van der Waals surface area contributed by atoms with Crippen molar-refractivity contribution in [3.05, 3.63) is 33.8 Å². The van der Waals surface area contributed by atoms with Gasteiger partial charge in [0.25, 0.3) is 0 Å². The molecule has 0 unspecified atom stereocenters. The summed E-state index contributed by atoms with van der Waals surface area (Å²) in [5.74, 6) is 1.27. The highest BCUT2D eigenvalue weighted by Gasteiger charge is 2.08. The maximum atomic E-state index is 8.86. The molecule has 0 atom stereocenters. The lowest BCUT2D eigenvalue weighted by atomic mass is 10.2. The Morgan fingerprint density at radius 3 is 2.71 bits per heavy atom. The molecule has 0 bridgehead atoms. The first-order valence-corrected chi connectivity index (χ1v) is 7.54. The Labute approximate surface area is 128 Å². The highest BCUT2D eigenvalue weighted by molar-refractivity contribution is 7.11. The predicted molar refractivity (Wildman–Crippen MR) is 84.5 cm³/mol. The molecule has 0 spiro atoms. The Morgan fingerprint density at radius 2 is 2.10 bits per heavy atom. The molecule has 114 valence electrons. The summed E-state index contributed by atoms with van der Waals surface area (Å²) in [6, 6.07) is 5.66. The number of hydrogen-bond donors (Lipinski definition) is 2. The van der Waals surface area contributed by atoms with Crippen LogP contribution < -0.4 is 14.8 Å². The maximum Gasteiger partial charge on any atom is 0.163 e. The van der Waals surface area contributed by atoms with E-state index < -0.39 is 0 Å². The Hall–Kier alpha value is -1.79. The van der Waals surface area contributed by atoms with E-state index in [1.165, 1.54) is 4.88 Å². The first kappa shape index (κ1) is 15.6. The monoisotopic (exact) mass is 308 g/mol. The molecule has 6 heteroatoms. The molecule has 0 amide bonds. The van der Waals surface area contributed by atoms with Gasteiger partial charge in [0.1, 0.15) is 6.61 Å². The van der Waals surface area contributed by atoms with E-state index in [0.717, 1.165) is 22.9 Å². The number of aryl methyl sites for hydroxylation is 2. The second kappa shape index (κ2) is 7.28. The number of aromatic nitrogens is 1. The van der Waals surface area contributed by atoms with Crippen LogP contribution in [0.1, 0.15) is 15.6 Å². The Kier molecular flexibility index (Phi) is 5.41. The van der Waals surface area contributed by atoms with Crippen LogP contribution >= 0.6 is 11.3 Å². The molecule has 2 rings (SSSR count). The number of thiazole rings is 1. The molecule has 2 N–H and O–H groups in total. The summed E-state index contributed by atoms with van der Waals surface area (Å²) < 4.78 is 10.7. The van der Waals surface area contributed by atoms with E-state index in [4.69, 9.17) is 14.6 Å². The fraction of sp³-hybridized carbons (Fsp3) is 0.400. The van der Waals surface area contributed by atoms with Crippen molar-refractivity contribution in [2.45, 2.75) is 20.4 Å². The van der Waals surface area contributed by atoms with Crippen LogP contribution in [0.4, 0.5) is 5.69 Å². The second-order valence-corrected chi connectivity index (χ2v) is 5.82. The van der Waals surface area contributed by atoms with E-state index in [0.29, 0.717) is 11.5 Å². The van der Waals surface area contributed by atoms with Gasteiger partial charge in [-0.15, -0.1) is 11.3 Å². The average Bonchev–Trinajstić information content (AvgIpc) is 2.81. The number of aliphatic hydroxyl groups excluding tert-OH is 1. The third-order valence-corrected chi connectivity index (χ3v) is 4.04. The third kappa shape index (κ3) is 4.09. The first-order valence-electron chi connectivity index (χ1n) is 6.72. The minimum absolute atomic E-state index is 0.0276. The van der Waals surface area contributed by atoms with Crippen molar-refractivity contribution < 1.29 is 14.6 Å². The molecule has 21 heavy (non-hydrogen) atoms. The Morgan fingerprint density at radius 1 is 1.29 bits per heavy atom. The van der Waals surface area contributed by atoms with Crippen LogP contribution in [0.5, 0.6) is 11.5 Å². The fourth-order valence-electron chi connectivity index (χ4n) is 1.97. The molecule has 0 aliphatic carbocycles. The van der Waals surface area contributed by atoms with Crippen LogP contribution in [-0.2, 0) is 6.54 Å². The molecular weight excluding hydrogens is 288 g/mol. The molecule has 1 heterocycles. The molecule has 0 saturated carbocycles. The Bertz CT molecular complexity index is 599. The van der Waals surface area contributed by atoms with E-state index in [1.54, 1.807) is 18.4 Å². The second-order valence-electron chi connectivity index (χ2n) is 4.53. The number of aliphatic hydroxyl groups is 1. The number of anilines is 1. The molecule has 0 fully saturated rings. The van der Waals surface area contributed by atoms with Crippen LogP contribution in [0.15, 0.2) is 18.2 Å². The minimum Gasteiger partial charge on any atom is -0.493 e. The van der Waals surface area contributed by atoms with Gasteiger partial charge in [0, 0.05) is 16.6 Å². The lowest BCUT2D eigenvalue weighted by Gasteiger charge is -2.12. The summed E-state index contributed by atoms with van der Waals surface area (Å²) in [7, 11) is 1.59. The molecule has 1 aromatic heterocycles. The lowest BCUT2D eigenvalue weighted by Crippen LogP contribution is -2.04. The SMILES string of the molecule is COc1ccc(NCc2sc(C)nc2C)cc1OCCO. The summed E-state index contributed by atoms with van der Waals surface area (Å²) in [6.45, 7) is 4.97. The zero-order valence-corrected chi connectivity index (χ0v) is 13.3. The fourth-order valence-corrected chi connectivity index (χ4v) is 2.85. The van der Waals surface area contributed by atoms with Gasteiger partial charge in [0.15, 0.2) is 11.5 Å². The minimum atomic E-state index is -0.0276. The van der Waals surface area contributed by atoms with Crippen molar-refractivity contribution in [3.63, 3.8) is 0 Å². The molecule has 0 aliphatic rings. The number of ether oxygens (including phenoxy) is 2. The Balaban J connectivity index is 2.07. The van der Waals surface area contributed by atoms with Crippen molar-refractivity contribution in [2.24, 2.45) is 0 Å². The number of benzene rings is 1. The molecule has 0 saturated heterocycles. The van der Waals surface area contributed by atoms with Gasteiger partial charge in [-0.25, -0.2) is 4.98 Å². The van der Waals surface area contributed by atoms with E-state index in [-0.39, 0.29) is 13.2 Å². The average molecular weight is 308 g/mol. The van der Waals surface area contributed by atoms with Gasteiger partial charge >= 0.3 is 0 Å². The molecule has 0 aliphatic heterocycles. The highest BCUT2D eigenvalue weighted by atomic mass is 32.1. The number of hydrogen-bond acceptors (Lipinski definition) is 6. The molecule has 1 aromatic carbocycles. The number of rotatable bonds is 7. The van der Waals surface area contributed by atoms with Crippen molar-refractivity contribution in [2.75, 3.05) is 25.6 Å². The van der Waals surface area contributed by atoms with Crippen LogP contribution in [0.3, 0.4) is 0 Å². The smallest absolute Gasteiger partial charge is 0.163 e. The van der Waals surface area contributed by atoms with E-state index in [2.05, 4.69) is 10.3 Å². The standard InChI is InChI=1S/C15H20N2O3S/c1-10-15(21-11(2)17-10)9-16-12-4-5-13(19-3)14(8-12)20-7-6-18/h4-5,8,16,18H,6-7,9H2,1-3H3. The maximum absolute atomic E-state index is 8.86. The van der Waals surface area contributed by atoms with Crippen LogP contribution in [-0.4, -0.2) is 30.4 Å². The van der Waals surface area contributed by atoms with E-state index in [1.807, 2.05) is 32.0 Å². The van der Waals surface area contributed by atoms with Gasteiger partial charge in [-0.05, 0) is 26.0 Å². The van der Waals surface area contributed by atoms with Gasteiger partial charge in [-0.1, -0.05) is 0 Å². The van der Waals surface area contributed by atoms with Crippen LogP contribution in [0.2, 0.25) is 0 Å². The molecular formula is C15H20N2O3S. The van der Waals surface area contributed by atoms with Crippen molar-refractivity contribution in [1.29, 1.82) is 0 Å². The first-order chi connectivity index (χ1) is 10.1. The van der Waals surface area contributed by atoms with E-state index in [9.17, 15) is 0 Å². The van der Waals surface area contributed by atoms with Crippen molar-refractivity contribution in [3.8, 4) is 11.5 Å². The van der Waals surface area contributed by atoms with Gasteiger partial charge < -0.3 is 19.9 Å². The molecule has 2 aromatic rings. The summed E-state index contributed by atoms with van der Waals surface area (Å²) in [5, 5.41) is 13.3. The van der Waals surface area contributed by atoms with Gasteiger partial charge in [-0.3, -0.25) is 0 Å². The number of nitrogens with zero attached hydrogens (tertiary/aromatic N) is 1. The summed E-state index contributed by atoms with van der Waals surface area (Å²) >= 11 is 1.70. The summed E-state index contributed by atoms with van der Waals surface area (Å²) in [6.07, 6.45) is 0. The number of methoxy groups -OCH3 is 1. The van der Waals surface area contributed by atoms with Gasteiger partial charge in [0.05, 0.1) is 31.0 Å². The summed E-state index contributed by atoms with van der Waals surface area (Å²) in [4.78, 5) is 5.64. The summed E-state index contributed by atoms with van der Waals surface area (Å²) in [5.41, 5.74) is 2.00. The topological polar surface area (TPSA) is 63.6 Å². The normalized spacial score (nSPS) is 10.5. The van der Waals surface area contributed by atoms with Crippen molar-refractivity contribution >= 4 is 17.0 Å². The number of nitrogens with one attached hydrogen (secondary N) is 1. The van der Waals surface area contributed by atoms with E-state index >= 15 is 0 Å². The van der Waals surface area contributed by atoms with Gasteiger partial charge in [0.2, 0.25) is 0 Å². The zero-order valence-electron chi connectivity index (χ0n) is 12.5. The van der Waals surface area contributed by atoms with Crippen LogP contribution in [0, 0.1) is 13.8 Å². The molecule has 0 radical (unpaired) electrons. The lowest BCUT2D eigenvalue weighted by molar-refractivity contribution is 0.196.